The van der Waals surface area contributed by atoms with Gasteiger partial charge in [-0.3, -0.25) is 4.79 Å². The van der Waals surface area contributed by atoms with E-state index in [4.69, 9.17) is 10.4 Å². The van der Waals surface area contributed by atoms with Gasteiger partial charge in [-0.1, -0.05) is 0 Å². The molecule has 0 amide bonds. The maximum absolute atomic E-state index is 11.6. The molecule has 1 heterocycles. The van der Waals surface area contributed by atoms with E-state index in [0.29, 0.717) is 12.2 Å². The fourth-order valence-corrected chi connectivity index (χ4v) is 1.43. The average Bonchev–Trinajstić information content (AvgIpc) is 2.18. The molecule has 0 radical (unpaired) electrons. The Kier molecular flexibility index (Phi) is 2.90. The van der Waals surface area contributed by atoms with Crippen molar-refractivity contribution in [3.63, 3.8) is 0 Å². The zero-order chi connectivity index (χ0) is 11.6. The predicted octanol–water partition coefficient (Wildman–Crippen LogP) is 0.746. The first-order valence-electron chi connectivity index (χ1n) is 4.40. The Bertz CT molecular complexity index is 509. The maximum Gasteiger partial charge on any atom is 0.337 e. The summed E-state index contributed by atoms with van der Waals surface area (Å²) in [4.78, 5) is 22.4. The number of nitrogens with zero attached hydrogens (tertiary/aromatic N) is 2. The minimum Gasteiger partial charge on any atom is -0.478 e. The number of carbonyl (C=O) groups is 1. The first kappa shape index (κ1) is 11.0. The number of hydrogen-bond donors (Lipinski definition) is 1. The van der Waals surface area contributed by atoms with E-state index in [9.17, 15) is 9.59 Å². The maximum atomic E-state index is 11.6. The number of rotatable bonds is 2. The molecule has 0 aromatic carbocycles. The van der Waals surface area contributed by atoms with Crippen LogP contribution in [0.1, 0.15) is 28.5 Å². The lowest BCUT2D eigenvalue weighted by molar-refractivity contribution is 0.0695. The van der Waals surface area contributed by atoms with E-state index >= 15 is 0 Å². The van der Waals surface area contributed by atoms with Gasteiger partial charge in [0.25, 0.3) is 5.56 Å². The molecule has 0 aliphatic rings. The third-order valence-electron chi connectivity index (χ3n) is 2.23. The number of hydrogen-bond acceptors (Lipinski definition) is 3. The van der Waals surface area contributed by atoms with Crippen LogP contribution in [0.4, 0.5) is 0 Å². The summed E-state index contributed by atoms with van der Waals surface area (Å²) in [7, 11) is 0. The number of pyridine rings is 1. The molecular formula is C10H10N2O3. The number of aromatic carboxylic acids is 1. The Morgan fingerprint density at radius 3 is 2.67 bits per heavy atom. The Morgan fingerprint density at radius 1 is 1.67 bits per heavy atom. The molecule has 0 aliphatic carbocycles. The van der Waals surface area contributed by atoms with Crippen LogP contribution in [0.2, 0.25) is 0 Å². The second-order valence-corrected chi connectivity index (χ2v) is 3.02. The number of aromatic nitrogens is 1. The van der Waals surface area contributed by atoms with Crippen molar-refractivity contribution in [1.29, 1.82) is 5.26 Å². The first-order valence-corrected chi connectivity index (χ1v) is 4.40. The van der Waals surface area contributed by atoms with Crippen molar-refractivity contribution < 1.29 is 9.90 Å². The Labute approximate surface area is 86.2 Å². The van der Waals surface area contributed by atoms with Gasteiger partial charge in [0.15, 0.2) is 0 Å². The Hall–Kier alpha value is -2.09. The predicted molar refractivity (Wildman–Crippen MR) is 52.8 cm³/mol. The zero-order valence-electron chi connectivity index (χ0n) is 8.44. The lowest BCUT2D eigenvalue weighted by Gasteiger charge is -2.09. The van der Waals surface area contributed by atoms with Crippen LogP contribution in [0.5, 0.6) is 0 Å². The van der Waals surface area contributed by atoms with E-state index in [0.717, 1.165) is 6.07 Å². The molecule has 0 saturated carbocycles. The third-order valence-corrected chi connectivity index (χ3v) is 2.23. The van der Waals surface area contributed by atoms with Gasteiger partial charge < -0.3 is 9.67 Å². The van der Waals surface area contributed by atoms with Gasteiger partial charge in [-0.25, -0.2) is 4.79 Å². The van der Waals surface area contributed by atoms with Crippen LogP contribution >= 0.6 is 0 Å². The van der Waals surface area contributed by atoms with Crippen LogP contribution in [0.25, 0.3) is 0 Å². The summed E-state index contributed by atoms with van der Waals surface area (Å²) in [6.07, 6.45) is 0. The second-order valence-electron chi connectivity index (χ2n) is 3.02. The van der Waals surface area contributed by atoms with Crippen molar-refractivity contribution >= 4 is 5.97 Å². The average molecular weight is 206 g/mol. The van der Waals surface area contributed by atoms with Gasteiger partial charge in [-0.05, 0) is 19.9 Å². The fraction of sp³-hybridized carbons (Fsp3) is 0.300. The summed E-state index contributed by atoms with van der Waals surface area (Å²) in [5.41, 5.74) is -0.218. The monoisotopic (exact) mass is 206 g/mol. The van der Waals surface area contributed by atoms with Gasteiger partial charge in [0.2, 0.25) is 0 Å². The van der Waals surface area contributed by atoms with Gasteiger partial charge in [0.1, 0.15) is 11.6 Å². The molecule has 0 saturated heterocycles. The molecule has 0 spiro atoms. The van der Waals surface area contributed by atoms with Gasteiger partial charge in [0.05, 0.1) is 5.56 Å². The molecule has 0 atom stereocenters. The molecule has 5 nitrogen and oxygen atoms in total. The van der Waals surface area contributed by atoms with E-state index in [2.05, 4.69) is 0 Å². The summed E-state index contributed by atoms with van der Waals surface area (Å²) in [5.74, 6) is -1.13. The van der Waals surface area contributed by atoms with Crippen LogP contribution in [-0.2, 0) is 6.54 Å². The summed E-state index contributed by atoms with van der Waals surface area (Å²) in [6.45, 7) is 3.62. The third kappa shape index (κ3) is 1.74. The van der Waals surface area contributed by atoms with Crippen molar-refractivity contribution in [1.82, 2.24) is 4.57 Å². The number of carboxylic acid groups (broad SMARTS) is 1. The molecule has 1 aromatic rings. The molecular weight excluding hydrogens is 196 g/mol. The topological polar surface area (TPSA) is 83.1 Å². The lowest BCUT2D eigenvalue weighted by Crippen LogP contribution is -2.26. The lowest BCUT2D eigenvalue weighted by atomic mass is 10.1. The second kappa shape index (κ2) is 3.96. The molecule has 1 rings (SSSR count). The van der Waals surface area contributed by atoms with E-state index in [1.54, 1.807) is 19.9 Å². The van der Waals surface area contributed by atoms with E-state index in [1.165, 1.54) is 4.57 Å². The molecule has 0 unspecified atom stereocenters. The van der Waals surface area contributed by atoms with Gasteiger partial charge in [-0.2, -0.15) is 5.26 Å². The van der Waals surface area contributed by atoms with Crippen molar-refractivity contribution in [2.75, 3.05) is 0 Å². The van der Waals surface area contributed by atoms with Gasteiger partial charge >= 0.3 is 5.97 Å². The highest BCUT2D eigenvalue weighted by molar-refractivity contribution is 5.89. The van der Waals surface area contributed by atoms with Crippen LogP contribution in [-0.4, -0.2) is 15.6 Å². The zero-order valence-corrected chi connectivity index (χ0v) is 8.44. The van der Waals surface area contributed by atoms with Crippen molar-refractivity contribution in [2.45, 2.75) is 20.4 Å². The van der Waals surface area contributed by atoms with Gasteiger partial charge in [-0.15, -0.1) is 0 Å². The fourth-order valence-electron chi connectivity index (χ4n) is 1.43. The van der Waals surface area contributed by atoms with E-state index in [-0.39, 0.29) is 11.1 Å². The van der Waals surface area contributed by atoms with E-state index < -0.39 is 11.5 Å². The smallest absolute Gasteiger partial charge is 0.337 e. The molecule has 0 fully saturated rings. The van der Waals surface area contributed by atoms with Crippen LogP contribution in [0.3, 0.4) is 0 Å². The molecule has 0 aliphatic heterocycles. The summed E-state index contributed by atoms with van der Waals surface area (Å²) in [6, 6.07) is 2.81. The van der Waals surface area contributed by atoms with E-state index in [1.807, 2.05) is 0 Å². The SMILES string of the molecule is CCn1c(C)c(C(=O)O)cc(C#N)c1=O. The van der Waals surface area contributed by atoms with Crippen molar-refractivity contribution in [3.8, 4) is 6.07 Å². The molecule has 78 valence electrons. The minimum absolute atomic E-state index is 0.00648. The minimum atomic E-state index is -1.13. The first-order chi connectivity index (χ1) is 7.02. The highest BCUT2D eigenvalue weighted by atomic mass is 16.4. The highest BCUT2D eigenvalue weighted by Gasteiger charge is 2.14. The van der Waals surface area contributed by atoms with Crippen LogP contribution in [0, 0.1) is 18.3 Å². The van der Waals surface area contributed by atoms with Crippen LogP contribution < -0.4 is 5.56 Å². The highest BCUT2D eigenvalue weighted by Crippen LogP contribution is 2.07. The molecule has 15 heavy (non-hydrogen) atoms. The van der Waals surface area contributed by atoms with Crippen molar-refractivity contribution in [2.24, 2.45) is 0 Å². The molecule has 1 N–H and O–H groups in total. The number of carboxylic acids is 1. The standard InChI is InChI=1S/C10H10N2O3/c1-3-12-6(2)8(10(14)15)4-7(5-11)9(12)13/h4H,3H2,1-2H3,(H,14,15). The molecule has 1 aromatic heterocycles. The van der Waals surface area contributed by atoms with Crippen LogP contribution in [0.15, 0.2) is 10.9 Å². The normalized spacial score (nSPS) is 9.67. The quantitative estimate of drug-likeness (QED) is 0.773. The van der Waals surface area contributed by atoms with Crippen molar-refractivity contribution in [3.05, 3.63) is 33.2 Å². The summed E-state index contributed by atoms with van der Waals surface area (Å²) in [5, 5.41) is 17.6. The number of nitriles is 1. The Balaban J connectivity index is 3.68. The largest absolute Gasteiger partial charge is 0.478 e. The molecule has 5 heteroatoms. The Morgan fingerprint density at radius 2 is 2.27 bits per heavy atom. The summed E-state index contributed by atoms with van der Waals surface area (Å²) >= 11 is 0. The van der Waals surface area contributed by atoms with Gasteiger partial charge in [0, 0.05) is 12.2 Å². The summed E-state index contributed by atoms with van der Waals surface area (Å²) < 4.78 is 1.28. The molecule has 0 bridgehead atoms.